The summed E-state index contributed by atoms with van der Waals surface area (Å²) in [5, 5.41) is 22.6. The lowest BCUT2D eigenvalue weighted by molar-refractivity contribution is -0.991. The van der Waals surface area contributed by atoms with Crippen LogP contribution in [0, 0.1) is 5.21 Å². The summed E-state index contributed by atoms with van der Waals surface area (Å²) in [6, 6.07) is 18.9. The van der Waals surface area contributed by atoms with E-state index in [1.807, 2.05) is 36.4 Å². The highest BCUT2D eigenvalue weighted by Gasteiger charge is 2.08. The maximum Gasteiger partial charge on any atom is 0.271 e. The Bertz CT molecular complexity index is 888. The molecule has 1 amide bonds. The molecule has 0 radical (unpaired) electrons. The van der Waals surface area contributed by atoms with Gasteiger partial charge in [0, 0.05) is 23.3 Å². The molecule has 1 aromatic heterocycles. The van der Waals surface area contributed by atoms with Gasteiger partial charge in [-0.1, -0.05) is 36.4 Å². The van der Waals surface area contributed by atoms with Crippen LogP contribution >= 0.6 is 0 Å². The van der Waals surface area contributed by atoms with Gasteiger partial charge in [0.15, 0.2) is 5.69 Å². The third kappa shape index (κ3) is 4.18. The molecule has 0 aliphatic carbocycles. The summed E-state index contributed by atoms with van der Waals surface area (Å²) in [4.78, 5) is 12.0. The highest BCUT2D eigenvalue weighted by Crippen LogP contribution is 2.20. The lowest BCUT2D eigenvalue weighted by Crippen LogP contribution is -2.99. The molecule has 0 spiro atoms. The molecule has 2 aromatic carbocycles. The van der Waals surface area contributed by atoms with Crippen molar-refractivity contribution in [2.24, 2.45) is 5.10 Å². The quantitative estimate of drug-likeness (QED) is 0.490. The maximum absolute atomic E-state index is 12.0. The topological polar surface area (TPSA) is 102 Å². The van der Waals surface area contributed by atoms with Gasteiger partial charge in [0.25, 0.3) is 5.91 Å². The lowest BCUT2D eigenvalue weighted by atomic mass is 10.2. The number of nitrogens with zero attached hydrogens (tertiary/aromatic N) is 1. The van der Waals surface area contributed by atoms with Crippen molar-refractivity contribution in [2.75, 3.05) is 0 Å². The molecule has 0 aliphatic rings. The van der Waals surface area contributed by atoms with Crippen molar-refractivity contribution in [2.45, 2.75) is 0 Å². The van der Waals surface area contributed by atoms with Gasteiger partial charge in [0.05, 0.1) is 6.21 Å². The van der Waals surface area contributed by atoms with Crippen molar-refractivity contribution in [3.05, 3.63) is 83.3 Å². The van der Waals surface area contributed by atoms with Crippen LogP contribution < -0.4 is 10.7 Å². The average Bonchev–Trinajstić information content (AvgIpc) is 3.11. The molecule has 0 saturated heterocycles. The van der Waals surface area contributed by atoms with Crippen molar-refractivity contribution in [3.63, 3.8) is 0 Å². The highest BCUT2D eigenvalue weighted by atomic mass is 16.8. The molecule has 126 valence electrons. The second-order valence-corrected chi connectivity index (χ2v) is 5.15. The second kappa shape index (κ2) is 7.54. The Hall–Kier alpha value is -3.26. The number of carbonyl (C=O) groups is 1. The smallest absolute Gasteiger partial charge is 0.271 e. The van der Waals surface area contributed by atoms with E-state index in [0.29, 0.717) is 11.5 Å². The van der Waals surface area contributed by atoms with Gasteiger partial charge >= 0.3 is 0 Å². The summed E-state index contributed by atoms with van der Waals surface area (Å²) < 4.78 is 5.63. The number of benzene rings is 2. The van der Waals surface area contributed by atoms with Crippen LogP contribution in [-0.2, 0) is 0 Å². The van der Waals surface area contributed by atoms with Crippen LogP contribution in [0.25, 0.3) is 11.3 Å². The second-order valence-electron chi connectivity index (χ2n) is 5.15. The van der Waals surface area contributed by atoms with Crippen molar-refractivity contribution >= 4 is 17.8 Å². The van der Waals surface area contributed by atoms with E-state index >= 15 is 0 Å². The van der Waals surface area contributed by atoms with Crippen LogP contribution in [-0.4, -0.2) is 17.3 Å². The predicted molar refractivity (Wildman–Crippen MR) is 91.4 cm³/mol. The molecule has 0 fully saturated rings. The van der Waals surface area contributed by atoms with Crippen LogP contribution in [0.3, 0.4) is 0 Å². The fourth-order valence-corrected chi connectivity index (χ4v) is 2.19. The Morgan fingerprint density at radius 3 is 2.68 bits per heavy atom. The summed E-state index contributed by atoms with van der Waals surface area (Å²) >= 11 is 0. The van der Waals surface area contributed by atoms with Crippen LogP contribution in [0.2, 0.25) is 0 Å². The first-order valence-corrected chi connectivity index (χ1v) is 7.45. The highest BCUT2D eigenvalue weighted by molar-refractivity contribution is 5.95. The number of hydrogen-bond donors (Lipinski definition) is 3. The third-order valence-corrected chi connectivity index (χ3v) is 3.41. The zero-order valence-corrected chi connectivity index (χ0v) is 13.0. The molecular weight excluding hydrogens is 322 g/mol. The summed E-state index contributed by atoms with van der Waals surface area (Å²) in [5.41, 5.74) is 3.53. The van der Waals surface area contributed by atoms with Crippen LogP contribution in [0.1, 0.15) is 16.1 Å². The van der Waals surface area contributed by atoms with E-state index in [4.69, 9.17) is 9.62 Å². The first-order valence-electron chi connectivity index (χ1n) is 7.45. The summed E-state index contributed by atoms with van der Waals surface area (Å²) in [6.07, 6.45) is 1.38. The minimum absolute atomic E-state index is 0.0372. The van der Waals surface area contributed by atoms with Crippen molar-refractivity contribution in [3.8, 4) is 11.3 Å². The van der Waals surface area contributed by atoms with Crippen LogP contribution in [0.15, 0.2) is 76.2 Å². The van der Waals surface area contributed by atoms with E-state index in [1.165, 1.54) is 30.5 Å². The largest absolute Gasteiger partial charge is 0.595 e. The molecule has 1 heterocycles. The van der Waals surface area contributed by atoms with Gasteiger partial charge in [-0.3, -0.25) is 4.79 Å². The monoisotopic (exact) mass is 337 g/mol. The number of furan rings is 1. The Balaban J connectivity index is 1.64. The SMILES string of the molecule is O=C(NN=Cc1ccc(-c2ccccc2)o1)c1cccc([NH+]([O-])O)c1. The van der Waals surface area contributed by atoms with Crippen LogP contribution in [0.5, 0.6) is 0 Å². The van der Waals surface area contributed by atoms with Crippen molar-refractivity contribution in [1.82, 2.24) is 5.43 Å². The summed E-state index contributed by atoms with van der Waals surface area (Å²) in [7, 11) is 0. The summed E-state index contributed by atoms with van der Waals surface area (Å²) in [5.74, 6) is 0.676. The molecule has 0 saturated carbocycles. The molecule has 0 aliphatic heterocycles. The Morgan fingerprint density at radius 2 is 1.92 bits per heavy atom. The zero-order valence-electron chi connectivity index (χ0n) is 13.0. The van der Waals surface area contributed by atoms with Crippen molar-refractivity contribution < 1.29 is 19.6 Å². The minimum atomic E-state index is -1.10. The molecule has 1 atom stereocenters. The van der Waals surface area contributed by atoms with Gasteiger partial charge in [0.2, 0.25) is 0 Å². The van der Waals surface area contributed by atoms with E-state index in [-0.39, 0.29) is 11.3 Å². The Morgan fingerprint density at radius 1 is 1.12 bits per heavy atom. The molecule has 1 unspecified atom stereocenters. The van der Waals surface area contributed by atoms with Gasteiger partial charge in [-0.2, -0.15) is 10.3 Å². The molecule has 7 nitrogen and oxygen atoms in total. The molecule has 3 N–H and O–H groups in total. The Labute approximate surface area is 143 Å². The molecule has 3 rings (SSSR count). The first kappa shape index (κ1) is 16.6. The van der Waals surface area contributed by atoms with E-state index < -0.39 is 11.1 Å². The molecule has 0 bridgehead atoms. The number of hydrazone groups is 1. The van der Waals surface area contributed by atoms with Crippen LogP contribution in [0.4, 0.5) is 5.69 Å². The van der Waals surface area contributed by atoms with Gasteiger partial charge in [-0.25, -0.2) is 10.6 Å². The number of rotatable bonds is 5. The van der Waals surface area contributed by atoms with Gasteiger partial charge in [0.1, 0.15) is 11.5 Å². The lowest BCUT2D eigenvalue weighted by Gasteiger charge is -2.11. The fourth-order valence-electron chi connectivity index (χ4n) is 2.19. The maximum atomic E-state index is 12.0. The number of amides is 1. The third-order valence-electron chi connectivity index (χ3n) is 3.41. The van der Waals surface area contributed by atoms with E-state index in [2.05, 4.69) is 10.5 Å². The number of nitrogens with one attached hydrogen (secondary N) is 2. The predicted octanol–water partition coefficient (Wildman–Crippen LogP) is 2.11. The average molecular weight is 337 g/mol. The van der Waals surface area contributed by atoms with Gasteiger partial charge in [-0.15, -0.1) is 0 Å². The normalized spacial score (nSPS) is 12.2. The molecular formula is C18H15N3O4. The zero-order chi connectivity index (χ0) is 17.6. The van der Waals surface area contributed by atoms with Gasteiger partial charge in [-0.05, 0) is 18.2 Å². The Kier molecular flexibility index (Phi) is 5.00. The molecule has 25 heavy (non-hydrogen) atoms. The van der Waals surface area contributed by atoms with E-state index in [0.717, 1.165) is 5.56 Å². The molecule has 7 heteroatoms. The number of carbonyl (C=O) groups excluding carboxylic acids is 1. The van der Waals surface area contributed by atoms with E-state index in [9.17, 15) is 10.0 Å². The van der Waals surface area contributed by atoms with E-state index in [1.54, 1.807) is 6.07 Å². The summed E-state index contributed by atoms with van der Waals surface area (Å²) in [6.45, 7) is 0. The van der Waals surface area contributed by atoms with Gasteiger partial charge < -0.3 is 9.62 Å². The standard InChI is InChI=1S/C18H15N3O4/c22-18(14-7-4-8-15(11-14)21(23)24)20-19-12-16-9-10-17(25-16)13-5-2-1-3-6-13/h1-12,21,23H,(H,20,22). The fraction of sp³-hybridized carbons (Fsp3) is 0. The first-order chi connectivity index (χ1) is 12.1. The number of hydrogen-bond acceptors (Lipinski definition) is 5. The van der Waals surface area contributed by atoms with Crippen molar-refractivity contribution in [1.29, 1.82) is 0 Å². The molecule has 3 aromatic rings. The number of quaternary nitrogens is 1. The minimum Gasteiger partial charge on any atom is -0.595 e.